The summed E-state index contributed by atoms with van der Waals surface area (Å²) in [5.74, 6) is 0.869. The third-order valence-electron chi connectivity index (χ3n) is 3.22. The number of benzene rings is 2. The highest BCUT2D eigenvalue weighted by Crippen LogP contribution is 2.33. The summed E-state index contributed by atoms with van der Waals surface area (Å²) in [5, 5.41) is 5.17. The fourth-order valence-electron chi connectivity index (χ4n) is 2.24. The molecule has 3 rings (SSSR count). The Morgan fingerprint density at radius 2 is 2.10 bits per heavy atom. The van der Waals surface area contributed by atoms with E-state index in [0.717, 1.165) is 27.1 Å². The molecular formula is C16H16N2OS. The zero-order valence-corrected chi connectivity index (χ0v) is 12.1. The van der Waals surface area contributed by atoms with Crippen molar-refractivity contribution in [3.8, 4) is 5.75 Å². The predicted octanol–water partition coefficient (Wildman–Crippen LogP) is 3.90. The molecule has 0 bridgehead atoms. The molecule has 3 aromatic rings. The van der Waals surface area contributed by atoms with Crippen LogP contribution in [-0.2, 0) is 6.61 Å². The Kier molecular flexibility index (Phi) is 3.67. The molecule has 0 spiro atoms. The van der Waals surface area contributed by atoms with E-state index in [2.05, 4.69) is 23.2 Å². The van der Waals surface area contributed by atoms with Gasteiger partial charge in [0.1, 0.15) is 17.4 Å². The first kappa shape index (κ1) is 13.1. The highest BCUT2D eigenvalue weighted by Gasteiger charge is 2.12. The Bertz CT molecular complexity index is 708. The minimum absolute atomic E-state index is 0.0640. The fourth-order valence-corrected chi connectivity index (χ4v) is 2.77. The van der Waals surface area contributed by atoms with Crippen molar-refractivity contribution in [3.63, 3.8) is 0 Å². The lowest BCUT2D eigenvalue weighted by atomic mass is 10.0. The minimum atomic E-state index is -0.0640. The van der Waals surface area contributed by atoms with E-state index in [1.54, 1.807) is 17.5 Å². The molecule has 2 aromatic carbocycles. The summed E-state index contributed by atoms with van der Waals surface area (Å²) < 4.78 is 6.02. The third kappa shape index (κ3) is 2.53. The second-order valence-electron chi connectivity index (χ2n) is 4.71. The second-order valence-corrected chi connectivity index (χ2v) is 5.69. The van der Waals surface area contributed by atoms with Crippen LogP contribution in [-0.4, -0.2) is 4.98 Å². The van der Waals surface area contributed by atoms with Gasteiger partial charge in [-0.3, -0.25) is 0 Å². The van der Waals surface area contributed by atoms with E-state index in [1.165, 1.54) is 0 Å². The fraction of sp³-hybridized carbons (Fsp3) is 0.188. The van der Waals surface area contributed by atoms with Gasteiger partial charge in [-0.05, 0) is 12.3 Å². The number of thiazole rings is 1. The Morgan fingerprint density at radius 1 is 1.25 bits per heavy atom. The van der Waals surface area contributed by atoms with Crippen molar-refractivity contribution in [2.45, 2.75) is 19.6 Å². The van der Waals surface area contributed by atoms with E-state index in [-0.39, 0.29) is 6.04 Å². The lowest BCUT2D eigenvalue weighted by Crippen LogP contribution is -2.08. The van der Waals surface area contributed by atoms with Crippen molar-refractivity contribution in [1.82, 2.24) is 4.98 Å². The minimum Gasteiger partial charge on any atom is -0.485 e. The first-order valence-corrected chi connectivity index (χ1v) is 7.42. The number of hydrogen-bond acceptors (Lipinski definition) is 4. The third-order valence-corrected chi connectivity index (χ3v) is 3.98. The van der Waals surface area contributed by atoms with E-state index < -0.39 is 0 Å². The summed E-state index contributed by atoms with van der Waals surface area (Å²) in [6.07, 6.45) is 1.79. The van der Waals surface area contributed by atoms with Crippen LogP contribution in [0.15, 0.2) is 48.0 Å². The number of aromatic nitrogens is 1. The Labute approximate surface area is 122 Å². The van der Waals surface area contributed by atoms with Crippen LogP contribution in [0.2, 0.25) is 0 Å². The molecule has 0 fully saturated rings. The van der Waals surface area contributed by atoms with Crippen LogP contribution in [0.3, 0.4) is 0 Å². The van der Waals surface area contributed by atoms with Gasteiger partial charge in [-0.25, -0.2) is 4.98 Å². The SMILES string of the molecule is C[C@@H](N)c1ccc2ccccc2c1OCc1nccs1. The molecule has 3 nitrogen and oxygen atoms in total. The maximum atomic E-state index is 6.06. The molecule has 1 atom stereocenters. The summed E-state index contributed by atoms with van der Waals surface area (Å²) in [7, 11) is 0. The number of nitrogens with zero attached hydrogens (tertiary/aromatic N) is 1. The van der Waals surface area contributed by atoms with Gasteiger partial charge in [-0.1, -0.05) is 36.4 Å². The van der Waals surface area contributed by atoms with E-state index >= 15 is 0 Å². The Hall–Kier alpha value is -1.91. The lowest BCUT2D eigenvalue weighted by Gasteiger charge is -2.16. The molecule has 0 aliphatic rings. The topological polar surface area (TPSA) is 48.1 Å². The van der Waals surface area contributed by atoms with E-state index in [0.29, 0.717) is 6.61 Å². The number of fused-ring (bicyclic) bond motifs is 1. The molecule has 0 amide bonds. The normalized spacial score (nSPS) is 12.5. The summed E-state index contributed by atoms with van der Waals surface area (Å²) in [4.78, 5) is 4.25. The van der Waals surface area contributed by atoms with Crippen LogP contribution in [0.25, 0.3) is 10.8 Å². The zero-order chi connectivity index (χ0) is 13.9. The first-order valence-electron chi connectivity index (χ1n) is 6.54. The molecular weight excluding hydrogens is 268 g/mol. The molecule has 4 heteroatoms. The summed E-state index contributed by atoms with van der Waals surface area (Å²) >= 11 is 1.59. The Balaban J connectivity index is 2.03. The van der Waals surface area contributed by atoms with Gasteiger partial charge in [0.05, 0.1) is 0 Å². The first-order chi connectivity index (χ1) is 9.75. The maximum Gasteiger partial charge on any atom is 0.140 e. The standard InChI is InChI=1S/C16H16N2OS/c1-11(17)13-7-6-12-4-2-3-5-14(12)16(13)19-10-15-18-8-9-20-15/h2-9,11H,10,17H2,1H3/t11-/m1/s1. The maximum absolute atomic E-state index is 6.06. The predicted molar refractivity (Wildman–Crippen MR) is 83.0 cm³/mol. The van der Waals surface area contributed by atoms with E-state index in [1.807, 2.05) is 30.5 Å². The van der Waals surface area contributed by atoms with Gasteiger partial charge in [-0.15, -0.1) is 11.3 Å². The molecule has 0 radical (unpaired) electrons. The smallest absolute Gasteiger partial charge is 0.140 e. The van der Waals surface area contributed by atoms with Gasteiger partial charge >= 0.3 is 0 Å². The largest absolute Gasteiger partial charge is 0.485 e. The van der Waals surface area contributed by atoms with Crippen molar-refractivity contribution in [3.05, 3.63) is 58.5 Å². The molecule has 0 aliphatic carbocycles. The van der Waals surface area contributed by atoms with E-state index in [9.17, 15) is 0 Å². The van der Waals surface area contributed by atoms with Crippen LogP contribution in [0.5, 0.6) is 5.75 Å². The molecule has 0 aliphatic heterocycles. The summed E-state index contributed by atoms with van der Waals surface area (Å²) in [5.41, 5.74) is 7.09. The number of ether oxygens (including phenoxy) is 1. The van der Waals surface area contributed by atoms with Crippen molar-refractivity contribution in [2.24, 2.45) is 5.73 Å². The molecule has 1 aromatic heterocycles. The van der Waals surface area contributed by atoms with Crippen LogP contribution in [0.1, 0.15) is 23.5 Å². The van der Waals surface area contributed by atoms with Crippen molar-refractivity contribution >= 4 is 22.1 Å². The van der Waals surface area contributed by atoms with Gasteiger partial charge in [-0.2, -0.15) is 0 Å². The highest BCUT2D eigenvalue weighted by molar-refractivity contribution is 7.09. The van der Waals surface area contributed by atoms with Crippen LogP contribution in [0, 0.1) is 0 Å². The molecule has 0 unspecified atom stereocenters. The highest BCUT2D eigenvalue weighted by atomic mass is 32.1. The van der Waals surface area contributed by atoms with Gasteiger partial charge < -0.3 is 10.5 Å². The molecule has 0 saturated heterocycles. The second kappa shape index (κ2) is 5.61. The van der Waals surface area contributed by atoms with Gasteiger partial charge in [0, 0.05) is 28.6 Å². The molecule has 0 saturated carbocycles. The number of rotatable bonds is 4. The van der Waals surface area contributed by atoms with Gasteiger partial charge in [0.2, 0.25) is 0 Å². The van der Waals surface area contributed by atoms with Crippen LogP contribution in [0.4, 0.5) is 0 Å². The number of hydrogen-bond donors (Lipinski definition) is 1. The zero-order valence-electron chi connectivity index (χ0n) is 11.2. The average Bonchev–Trinajstić information content (AvgIpc) is 2.97. The van der Waals surface area contributed by atoms with Crippen LogP contribution < -0.4 is 10.5 Å². The van der Waals surface area contributed by atoms with E-state index in [4.69, 9.17) is 10.5 Å². The van der Waals surface area contributed by atoms with Gasteiger partial charge in [0.25, 0.3) is 0 Å². The molecule has 1 heterocycles. The van der Waals surface area contributed by atoms with Crippen molar-refractivity contribution in [2.75, 3.05) is 0 Å². The lowest BCUT2D eigenvalue weighted by molar-refractivity contribution is 0.305. The number of nitrogens with two attached hydrogens (primary N) is 1. The Morgan fingerprint density at radius 3 is 2.85 bits per heavy atom. The quantitative estimate of drug-likeness (QED) is 0.790. The summed E-state index contributed by atoms with van der Waals surface area (Å²) in [6, 6.07) is 12.3. The molecule has 2 N–H and O–H groups in total. The average molecular weight is 284 g/mol. The molecule has 20 heavy (non-hydrogen) atoms. The van der Waals surface area contributed by atoms with Crippen LogP contribution >= 0.6 is 11.3 Å². The monoisotopic (exact) mass is 284 g/mol. The van der Waals surface area contributed by atoms with Crippen molar-refractivity contribution < 1.29 is 4.74 Å². The summed E-state index contributed by atoms with van der Waals surface area (Å²) in [6.45, 7) is 2.45. The van der Waals surface area contributed by atoms with Crippen molar-refractivity contribution in [1.29, 1.82) is 0 Å². The molecule has 102 valence electrons. The van der Waals surface area contributed by atoms with Gasteiger partial charge in [0.15, 0.2) is 0 Å².